The molecule has 1 rings (SSSR count). The lowest BCUT2D eigenvalue weighted by atomic mass is 10.4. The number of nitrogens with one attached hydrogen (secondary N) is 1. The van der Waals surface area contributed by atoms with Gasteiger partial charge in [0.1, 0.15) is 0 Å². The molecule has 0 radical (unpaired) electrons. The summed E-state index contributed by atoms with van der Waals surface area (Å²) >= 11 is 0. The van der Waals surface area contributed by atoms with Crippen LogP contribution in [0.25, 0.3) is 0 Å². The van der Waals surface area contributed by atoms with E-state index in [9.17, 15) is 0 Å². The van der Waals surface area contributed by atoms with Crippen LogP contribution in [0.5, 0.6) is 0 Å². The molecule has 0 amide bonds. The van der Waals surface area contributed by atoms with Gasteiger partial charge in [-0.15, -0.1) is 5.53 Å². The second-order valence-electron chi connectivity index (χ2n) is 2.39. The normalized spacial score (nSPS) is 20.0. The van der Waals surface area contributed by atoms with Crippen LogP contribution >= 0.6 is 0 Å². The van der Waals surface area contributed by atoms with Gasteiger partial charge in [-0.1, -0.05) is 0 Å². The van der Waals surface area contributed by atoms with E-state index in [2.05, 4.69) is 19.4 Å². The minimum atomic E-state index is 1.28. The van der Waals surface area contributed by atoms with E-state index >= 15 is 0 Å². The maximum Gasteiger partial charge on any atom is 0.0480 e. The fourth-order valence-corrected chi connectivity index (χ4v) is 0.860. The Hall–Kier alpha value is -0.700. The first kappa shape index (κ1) is 6.42. The zero-order valence-electron chi connectivity index (χ0n) is 6.39. The third kappa shape index (κ3) is 0.876. The van der Waals surface area contributed by atoms with Crippen LogP contribution in [-0.4, -0.2) is 24.1 Å². The zero-order chi connectivity index (χ0) is 7.02. The highest BCUT2D eigenvalue weighted by Gasteiger charge is 2.14. The van der Waals surface area contributed by atoms with Gasteiger partial charge in [-0.2, -0.15) is 0 Å². The molecule has 1 aliphatic rings. The molecule has 0 unspecified atom stereocenters. The second kappa shape index (κ2) is 1.92. The summed E-state index contributed by atoms with van der Waals surface area (Å²) in [6.07, 6.45) is 0. The number of hydrogen-bond acceptors (Lipinski definition) is 3. The van der Waals surface area contributed by atoms with Crippen molar-refractivity contribution in [3.8, 4) is 0 Å². The number of rotatable bonds is 0. The predicted octanol–water partition coefficient (Wildman–Crippen LogP) is 0.535. The van der Waals surface area contributed by atoms with Gasteiger partial charge in [-0.05, 0) is 13.8 Å². The topological polar surface area (TPSA) is 18.5 Å². The van der Waals surface area contributed by atoms with Crippen molar-refractivity contribution in [2.75, 3.05) is 14.1 Å². The molecule has 0 saturated heterocycles. The van der Waals surface area contributed by atoms with E-state index in [0.29, 0.717) is 0 Å². The van der Waals surface area contributed by atoms with Crippen LogP contribution in [0.3, 0.4) is 0 Å². The fourth-order valence-electron chi connectivity index (χ4n) is 0.860. The molecule has 3 heteroatoms. The van der Waals surface area contributed by atoms with Crippen molar-refractivity contribution in [3.63, 3.8) is 0 Å². The molecule has 0 aliphatic carbocycles. The summed E-state index contributed by atoms with van der Waals surface area (Å²) < 4.78 is 0. The van der Waals surface area contributed by atoms with E-state index in [1.165, 1.54) is 11.4 Å². The van der Waals surface area contributed by atoms with Crippen LogP contribution < -0.4 is 5.53 Å². The Labute approximate surface area is 55.9 Å². The summed E-state index contributed by atoms with van der Waals surface area (Å²) in [5.74, 6) is 0. The molecule has 1 N–H and O–H groups in total. The highest BCUT2D eigenvalue weighted by Crippen LogP contribution is 2.13. The number of hydrogen-bond donors (Lipinski definition) is 1. The van der Waals surface area contributed by atoms with Gasteiger partial charge in [0.2, 0.25) is 0 Å². The Kier molecular flexibility index (Phi) is 1.37. The van der Waals surface area contributed by atoms with Crippen molar-refractivity contribution in [2.45, 2.75) is 13.8 Å². The molecule has 0 saturated carbocycles. The molecule has 0 aromatic heterocycles. The van der Waals surface area contributed by atoms with Crippen LogP contribution in [0, 0.1) is 0 Å². The molecule has 0 aromatic carbocycles. The Morgan fingerprint density at radius 1 is 1.00 bits per heavy atom. The van der Waals surface area contributed by atoms with Crippen molar-refractivity contribution < 1.29 is 0 Å². The van der Waals surface area contributed by atoms with Crippen molar-refractivity contribution in [2.24, 2.45) is 0 Å². The van der Waals surface area contributed by atoms with E-state index in [-0.39, 0.29) is 0 Å². The van der Waals surface area contributed by atoms with Gasteiger partial charge in [0.25, 0.3) is 0 Å². The summed E-state index contributed by atoms with van der Waals surface area (Å²) in [4.78, 5) is 0. The van der Waals surface area contributed by atoms with Gasteiger partial charge in [0.15, 0.2) is 0 Å². The van der Waals surface area contributed by atoms with E-state index in [4.69, 9.17) is 0 Å². The predicted molar refractivity (Wildman–Crippen MR) is 37.0 cm³/mol. The van der Waals surface area contributed by atoms with Crippen LogP contribution in [-0.2, 0) is 0 Å². The Morgan fingerprint density at radius 2 is 1.33 bits per heavy atom. The monoisotopic (exact) mass is 127 g/mol. The Bertz CT molecular complexity index is 134. The van der Waals surface area contributed by atoms with Gasteiger partial charge < -0.3 is 0 Å². The first-order valence-electron chi connectivity index (χ1n) is 3.04. The molecule has 1 heterocycles. The Morgan fingerprint density at radius 3 is 1.44 bits per heavy atom. The average molecular weight is 127 g/mol. The zero-order valence-corrected chi connectivity index (χ0v) is 6.39. The molecular formula is C6H13N3. The molecule has 0 atom stereocenters. The standard InChI is InChI=1S/C6H13N3/c1-5-6(2)9(4)7-8(5)3/h7H,1-4H3. The van der Waals surface area contributed by atoms with Crippen LogP contribution in [0.2, 0.25) is 0 Å². The SMILES string of the molecule is CC1=C(C)N(C)NN1C. The lowest BCUT2D eigenvalue weighted by Crippen LogP contribution is -2.35. The molecular weight excluding hydrogens is 114 g/mol. The van der Waals surface area contributed by atoms with Crippen molar-refractivity contribution in [1.29, 1.82) is 0 Å². The maximum atomic E-state index is 3.11. The van der Waals surface area contributed by atoms with Gasteiger partial charge in [-0.3, -0.25) is 10.0 Å². The first-order valence-corrected chi connectivity index (χ1v) is 3.04. The van der Waals surface area contributed by atoms with E-state index in [0.717, 1.165) is 0 Å². The van der Waals surface area contributed by atoms with E-state index < -0.39 is 0 Å². The van der Waals surface area contributed by atoms with Gasteiger partial charge >= 0.3 is 0 Å². The summed E-state index contributed by atoms with van der Waals surface area (Å²) in [5.41, 5.74) is 5.66. The van der Waals surface area contributed by atoms with Gasteiger partial charge in [0, 0.05) is 25.5 Å². The third-order valence-corrected chi connectivity index (χ3v) is 1.83. The van der Waals surface area contributed by atoms with Crippen molar-refractivity contribution >= 4 is 0 Å². The van der Waals surface area contributed by atoms with Crippen molar-refractivity contribution in [3.05, 3.63) is 11.4 Å². The second-order valence-corrected chi connectivity index (χ2v) is 2.39. The lowest BCUT2D eigenvalue weighted by Gasteiger charge is -2.16. The van der Waals surface area contributed by atoms with E-state index in [1.807, 2.05) is 24.1 Å². The summed E-state index contributed by atoms with van der Waals surface area (Å²) in [6, 6.07) is 0. The largest absolute Gasteiger partial charge is 0.296 e. The molecule has 52 valence electrons. The van der Waals surface area contributed by atoms with Crippen molar-refractivity contribution in [1.82, 2.24) is 15.6 Å². The van der Waals surface area contributed by atoms with E-state index in [1.54, 1.807) is 0 Å². The molecule has 3 nitrogen and oxygen atoms in total. The minimum absolute atomic E-state index is 1.28. The van der Waals surface area contributed by atoms with Crippen LogP contribution in [0.4, 0.5) is 0 Å². The molecule has 1 aliphatic heterocycles. The summed E-state index contributed by atoms with van der Waals surface area (Å²) in [6.45, 7) is 4.18. The highest BCUT2D eigenvalue weighted by molar-refractivity contribution is 5.08. The first-order chi connectivity index (χ1) is 4.13. The third-order valence-electron chi connectivity index (χ3n) is 1.83. The summed E-state index contributed by atoms with van der Waals surface area (Å²) in [7, 11) is 4.00. The Balaban J connectivity index is 2.79. The molecule has 0 spiro atoms. The number of nitrogens with zero attached hydrogens (tertiary/aromatic N) is 2. The van der Waals surface area contributed by atoms with Crippen LogP contribution in [0.1, 0.15) is 13.8 Å². The molecule has 0 bridgehead atoms. The van der Waals surface area contributed by atoms with Gasteiger partial charge in [0.05, 0.1) is 0 Å². The van der Waals surface area contributed by atoms with Crippen LogP contribution in [0.15, 0.2) is 11.4 Å². The number of hydrazine groups is 2. The number of allylic oxidation sites excluding steroid dienone is 2. The fraction of sp³-hybridized carbons (Fsp3) is 0.667. The quantitative estimate of drug-likeness (QED) is 0.512. The molecule has 0 aromatic rings. The lowest BCUT2D eigenvalue weighted by molar-refractivity contribution is 0.175. The average Bonchev–Trinajstić information content (AvgIpc) is 1.98. The van der Waals surface area contributed by atoms with Gasteiger partial charge in [-0.25, -0.2) is 0 Å². The maximum absolute atomic E-state index is 3.11. The molecule has 9 heavy (non-hydrogen) atoms. The smallest absolute Gasteiger partial charge is 0.0480 e. The summed E-state index contributed by atoms with van der Waals surface area (Å²) in [5, 5.41) is 3.99. The minimum Gasteiger partial charge on any atom is -0.296 e. The molecule has 0 fully saturated rings. The highest BCUT2D eigenvalue weighted by atomic mass is 15.8.